The number of nitrogens with two attached hydrogens (primary N) is 1. The smallest absolute Gasteiger partial charge is 0.201 e. The molecule has 0 bridgehead atoms. The van der Waals surface area contributed by atoms with Crippen LogP contribution in [0, 0.1) is 0 Å². The zero-order valence-electron chi connectivity index (χ0n) is 10.2. The minimum Gasteiger partial charge on any atom is -0.440 e. The number of nitrogens with zero attached hydrogens (tertiary/aromatic N) is 1. The van der Waals surface area contributed by atoms with E-state index in [1.807, 2.05) is 18.2 Å². The number of nitrogen functional groups attached to an aromatic ring is 1. The quantitative estimate of drug-likeness (QED) is 0.801. The van der Waals surface area contributed by atoms with Crippen LogP contribution in [0.1, 0.15) is 44.9 Å². The Morgan fingerprint density at radius 3 is 2.76 bits per heavy atom. The number of rotatable bonds is 2. The van der Waals surface area contributed by atoms with E-state index >= 15 is 0 Å². The lowest BCUT2D eigenvalue weighted by molar-refractivity contribution is 0.326. The van der Waals surface area contributed by atoms with Crippen LogP contribution >= 0.6 is 0 Å². The second kappa shape index (κ2) is 3.76. The highest BCUT2D eigenvalue weighted by atomic mass is 16.3. The molecule has 0 aliphatic heterocycles. The van der Waals surface area contributed by atoms with Gasteiger partial charge >= 0.3 is 0 Å². The van der Waals surface area contributed by atoms with E-state index in [9.17, 15) is 0 Å². The highest BCUT2D eigenvalue weighted by Crippen LogP contribution is 2.44. The van der Waals surface area contributed by atoms with Crippen LogP contribution in [0.4, 0.5) is 5.69 Å². The summed E-state index contributed by atoms with van der Waals surface area (Å²) in [6.45, 7) is 2.23. The Morgan fingerprint density at radius 1 is 1.35 bits per heavy atom. The van der Waals surface area contributed by atoms with Gasteiger partial charge in [0.05, 0.1) is 5.69 Å². The number of para-hydroxylation sites is 1. The third-order valence-electron chi connectivity index (χ3n) is 4.14. The van der Waals surface area contributed by atoms with Crippen molar-refractivity contribution in [3.63, 3.8) is 0 Å². The average Bonchev–Trinajstić information content (AvgIpc) is 2.96. The maximum atomic E-state index is 5.94. The summed E-state index contributed by atoms with van der Waals surface area (Å²) in [7, 11) is 0. The molecule has 3 heteroatoms. The summed E-state index contributed by atoms with van der Waals surface area (Å²) >= 11 is 0. The summed E-state index contributed by atoms with van der Waals surface area (Å²) in [5.41, 5.74) is 8.44. The van der Waals surface area contributed by atoms with Gasteiger partial charge in [-0.15, -0.1) is 0 Å². The molecule has 2 aromatic rings. The van der Waals surface area contributed by atoms with Crippen LogP contribution < -0.4 is 5.73 Å². The van der Waals surface area contributed by atoms with Gasteiger partial charge in [0.1, 0.15) is 5.52 Å². The molecule has 0 saturated heterocycles. The van der Waals surface area contributed by atoms with Gasteiger partial charge < -0.3 is 10.2 Å². The van der Waals surface area contributed by atoms with E-state index in [1.165, 1.54) is 25.7 Å². The van der Waals surface area contributed by atoms with Gasteiger partial charge in [0.2, 0.25) is 5.89 Å². The van der Waals surface area contributed by atoms with E-state index in [2.05, 4.69) is 11.9 Å². The lowest BCUT2D eigenvalue weighted by Crippen LogP contribution is -2.21. The molecule has 90 valence electrons. The largest absolute Gasteiger partial charge is 0.440 e. The SMILES string of the molecule is CCC1(c2nc3c(N)cccc3o2)CCCC1. The number of oxazole rings is 1. The first-order chi connectivity index (χ1) is 8.25. The second-order valence-electron chi connectivity index (χ2n) is 5.05. The van der Waals surface area contributed by atoms with Crippen molar-refractivity contribution in [3.8, 4) is 0 Å². The fourth-order valence-corrected chi connectivity index (χ4v) is 2.97. The number of hydrogen-bond acceptors (Lipinski definition) is 3. The third kappa shape index (κ3) is 1.53. The first-order valence-electron chi connectivity index (χ1n) is 6.41. The maximum Gasteiger partial charge on any atom is 0.201 e. The molecular formula is C14H18N2O. The third-order valence-corrected chi connectivity index (χ3v) is 4.14. The van der Waals surface area contributed by atoms with Crippen molar-refractivity contribution in [2.45, 2.75) is 44.4 Å². The van der Waals surface area contributed by atoms with Crippen LogP contribution in [-0.2, 0) is 5.41 Å². The van der Waals surface area contributed by atoms with E-state index in [4.69, 9.17) is 10.2 Å². The van der Waals surface area contributed by atoms with E-state index in [1.54, 1.807) is 0 Å². The van der Waals surface area contributed by atoms with E-state index in [0.717, 1.165) is 23.4 Å². The number of aromatic nitrogens is 1. The molecule has 3 nitrogen and oxygen atoms in total. The molecule has 0 unspecified atom stereocenters. The molecule has 1 saturated carbocycles. The normalized spacial score (nSPS) is 18.9. The molecular weight excluding hydrogens is 212 g/mol. The standard InChI is InChI=1S/C14H18N2O/c1-2-14(8-3-4-9-14)13-16-12-10(15)6-5-7-11(12)17-13/h5-7H,2-4,8-9,15H2,1H3. The van der Waals surface area contributed by atoms with Crippen molar-refractivity contribution in [2.24, 2.45) is 0 Å². The summed E-state index contributed by atoms with van der Waals surface area (Å²) in [6, 6.07) is 5.74. The summed E-state index contributed by atoms with van der Waals surface area (Å²) < 4.78 is 5.94. The summed E-state index contributed by atoms with van der Waals surface area (Å²) in [5, 5.41) is 0. The monoisotopic (exact) mass is 230 g/mol. The van der Waals surface area contributed by atoms with Gasteiger partial charge in [0.25, 0.3) is 0 Å². The van der Waals surface area contributed by atoms with Crippen LogP contribution in [0.5, 0.6) is 0 Å². The first-order valence-corrected chi connectivity index (χ1v) is 6.41. The summed E-state index contributed by atoms with van der Waals surface area (Å²) in [4.78, 5) is 4.65. The molecule has 0 radical (unpaired) electrons. The molecule has 1 heterocycles. The molecule has 17 heavy (non-hydrogen) atoms. The van der Waals surface area contributed by atoms with E-state index < -0.39 is 0 Å². The zero-order chi connectivity index (χ0) is 11.9. The number of hydrogen-bond donors (Lipinski definition) is 1. The molecule has 1 fully saturated rings. The Kier molecular flexibility index (Phi) is 2.35. The van der Waals surface area contributed by atoms with Crippen LogP contribution in [0.15, 0.2) is 22.6 Å². The highest BCUT2D eigenvalue weighted by Gasteiger charge is 2.38. The van der Waals surface area contributed by atoms with Gasteiger partial charge in [-0.1, -0.05) is 25.8 Å². The van der Waals surface area contributed by atoms with Crippen LogP contribution in [0.3, 0.4) is 0 Å². The average molecular weight is 230 g/mol. The molecule has 1 aromatic heterocycles. The highest BCUT2D eigenvalue weighted by molar-refractivity contribution is 5.85. The molecule has 2 N–H and O–H groups in total. The van der Waals surface area contributed by atoms with Gasteiger partial charge in [-0.05, 0) is 31.4 Å². The molecule has 0 spiro atoms. The number of benzene rings is 1. The van der Waals surface area contributed by atoms with Crippen molar-refractivity contribution in [2.75, 3.05) is 5.73 Å². The molecule has 1 aliphatic rings. The Bertz CT molecular complexity index is 538. The number of fused-ring (bicyclic) bond motifs is 1. The Hall–Kier alpha value is -1.51. The minimum absolute atomic E-state index is 0.158. The van der Waals surface area contributed by atoms with Crippen LogP contribution in [0.2, 0.25) is 0 Å². The van der Waals surface area contributed by atoms with E-state index in [-0.39, 0.29) is 5.41 Å². The second-order valence-corrected chi connectivity index (χ2v) is 5.05. The topological polar surface area (TPSA) is 52.0 Å². The van der Waals surface area contributed by atoms with Gasteiger partial charge in [-0.2, -0.15) is 0 Å². The predicted molar refractivity (Wildman–Crippen MR) is 68.9 cm³/mol. The fourth-order valence-electron chi connectivity index (χ4n) is 2.97. The Balaban J connectivity index is 2.14. The van der Waals surface area contributed by atoms with Crippen molar-refractivity contribution in [1.82, 2.24) is 4.98 Å². The summed E-state index contributed by atoms with van der Waals surface area (Å²) in [5.74, 6) is 0.894. The van der Waals surface area contributed by atoms with Crippen molar-refractivity contribution in [3.05, 3.63) is 24.1 Å². The molecule has 0 amide bonds. The van der Waals surface area contributed by atoms with Gasteiger partial charge in [0, 0.05) is 5.41 Å². The lowest BCUT2D eigenvalue weighted by Gasteiger charge is -2.22. The molecule has 0 atom stereocenters. The zero-order valence-corrected chi connectivity index (χ0v) is 10.2. The Labute approximate surface area is 101 Å². The van der Waals surface area contributed by atoms with Crippen molar-refractivity contribution >= 4 is 16.8 Å². The van der Waals surface area contributed by atoms with Crippen LogP contribution in [0.25, 0.3) is 11.1 Å². The molecule has 3 rings (SSSR count). The van der Waals surface area contributed by atoms with E-state index in [0.29, 0.717) is 5.69 Å². The molecule has 1 aliphatic carbocycles. The molecule has 1 aromatic carbocycles. The Morgan fingerprint density at radius 2 is 2.12 bits per heavy atom. The number of anilines is 1. The van der Waals surface area contributed by atoms with Gasteiger partial charge in [0.15, 0.2) is 5.58 Å². The van der Waals surface area contributed by atoms with Gasteiger partial charge in [-0.3, -0.25) is 0 Å². The fraction of sp³-hybridized carbons (Fsp3) is 0.500. The summed E-state index contributed by atoms with van der Waals surface area (Å²) in [6.07, 6.45) is 6.04. The maximum absolute atomic E-state index is 5.94. The van der Waals surface area contributed by atoms with Crippen molar-refractivity contribution in [1.29, 1.82) is 0 Å². The van der Waals surface area contributed by atoms with Gasteiger partial charge in [-0.25, -0.2) is 4.98 Å². The lowest BCUT2D eigenvalue weighted by atomic mass is 9.83. The van der Waals surface area contributed by atoms with Crippen LogP contribution in [-0.4, -0.2) is 4.98 Å². The predicted octanol–water partition coefficient (Wildman–Crippen LogP) is 3.63. The van der Waals surface area contributed by atoms with Crippen molar-refractivity contribution < 1.29 is 4.42 Å². The first kappa shape index (κ1) is 10.6. The minimum atomic E-state index is 0.158.